The molecule has 1 aromatic carbocycles. The van der Waals surface area contributed by atoms with E-state index in [9.17, 15) is 14.0 Å². The van der Waals surface area contributed by atoms with Crippen molar-refractivity contribution in [1.29, 1.82) is 0 Å². The molecule has 1 heterocycles. The number of carbonyl (C=O) groups is 2. The predicted molar refractivity (Wildman–Crippen MR) is 88.8 cm³/mol. The van der Waals surface area contributed by atoms with Crippen LogP contribution in [0, 0.1) is 5.82 Å². The molecule has 1 aliphatic heterocycles. The topological polar surface area (TPSA) is 58.6 Å². The molecule has 1 unspecified atom stereocenters. The third-order valence-electron chi connectivity index (χ3n) is 4.10. The number of morpholine rings is 1. The zero-order chi connectivity index (χ0) is 17.4. The Morgan fingerprint density at radius 3 is 2.71 bits per heavy atom. The first-order valence-electron chi connectivity index (χ1n) is 8.45. The van der Waals surface area contributed by atoms with Crippen molar-refractivity contribution in [2.24, 2.45) is 0 Å². The van der Waals surface area contributed by atoms with E-state index in [0.29, 0.717) is 32.7 Å². The zero-order valence-corrected chi connectivity index (χ0v) is 14.1. The molecule has 2 rings (SSSR count). The Morgan fingerprint density at radius 2 is 2.00 bits per heavy atom. The third kappa shape index (κ3) is 5.92. The van der Waals surface area contributed by atoms with E-state index >= 15 is 0 Å². The number of hydrogen-bond acceptors (Lipinski definition) is 3. The molecular formula is C18H25FN2O3. The number of unbranched alkanes of at least 4 members (excludes halogenated alkanes) is 2. The summed E-state index contributed by atoms with van der Waals surface area (Å²) in [6.07, 6.45) is 2.93. The summed E-state index contributed by atoms with van der Waals surface area (Å²) in [4.78, 5) is 24.9. The Morgan fingerprint density at radius 1 is 1.25 bits per heavy atom. The van der Waals surface area contributed by atoms with E-state index < -0.39 is 0 Å². The minimum Gasteiger partial charge on any atom is -0.370 e. The molecule has 1 saturated heterocycles. The Balaban J connectivity index is 1.72. The molecule has 1 N–H and O–H groups in total. The van der Waals surface area contributed by atoms with Crippen LogP contribution in [0.5, 0.6) is 0 Å². The highest BCUT2D eigenvalue weighted by Crippen LogP contribution is 2.23. The van der Waals surface area contributed by atoms with Crippen molar-refractivity contribution in [1.82, 2.24) is 10.2 Å². The van der Waals surface area contributed by atoms with Gasteiger partial charge in [0.1, 0.15) is 11.9 Å². The van der Waals surface area contributed by atoms with E-state index in [1.54, 1.807) is 12.1 Å². The van der Waals surface area contributed by atoms with E-state index in [2.05, 4.69) is 5.32 Å². The zero-order valence-electron chi connectivity index (χ0n) is 14.1. The summed E-state index contributed by atoms with van der Waals surface area (Å²) < 4.78 is 18.7. The molecule has 1 fully saturated rings. The lowest BCUT2D eigenvalue weighted by Gasteiger charge is -2.33. The Labute approximate surface area is 142 Å². The van der Waals surface area contributed by atoms with Crippen LogP contribution in [0.2, 0.25) is 0 Å². The number of ether oxygens (including phenoxy) is 1. The van der Waals surface area contributed by atoms with Gasteiger partial charge in [-0.1, -0.05) is 18.6 Å². The average molecular weight is 336 g/mol. The molecule has 0 aliphatic carbocycles. The summed E-state index contributed by atoms with van der Waals surface area (Å²) in [7, 11) is 0. The van der Waals surface area contributed by atoms with Crippen LogP contribution < -0.4 is 5.32 Å². The van der Waals surface area contributed by atoms with Crippen LogP contribution in [0.1, 0.15) is 44.3 Å². The maximum atomic E-state index is 13.0. The molecule has 0 bridgehead atoms. The van der Waals surface area contributed by atoms with Crippen LogP contribution in [0.25, 0.3) is 0 Å². The normalized spacial score (nSPS) is 17.6. The van der Waals surface area contributed by atoms with E-state index in [-0.39, 0.29) is 23.7 Å². The molecule has 1 atom stereocenters. The summed E-state index contributed by atoms with van der Waals surface area (Å²) in [5.74, 6) is -0.169. The van der Waals surface area contributed by atoms with Crippen molar-refractivity contribution in [3.63, 3.8) is 0 Å². The monoisotopic (exact) mass is 336 g/mol. The number of halogens is 1. The molecule has 1 aliphatic rings. The lowest BCUT2D eigenvalue weighted by Crippen LogP contribution is -2.42. The molecule has 0 aromatic heterocycles. The van der Waals surface area contributed by atoms with Gasteiger partial charge in [0.05, 0.1) is 13.2 Å². The largest absolute Gasteiger partial charge is 0.370 e. The fraction of sp³-hybridized carbons (Fsp3) is 0.556. The van der Waals surface area contributed by atoms with E-state index in [0.717, 1.165) is 24.8 Å². The number of benzene rings is 1. The first kappa shape index (κ1) is 18.4. The highest BCUT2D eigenvalue weighted by Gasteiger charge is 2.24. The van der Waals surface area contributed by atoms with Crippen molar-refractivity contribution < 1.29 is 18.7 Å². The van der Waals surface area contributed by atoms with Crippen molar-refractivity contribution in [3.8, 4) is 0 Å². The molecule has 5 nitrogen and oxygen atoms in total. The highest BCUT2D eigenvalue weighted by molar-refractivity contribution is 5.76. The SMILES string of the molecule is CC(=O)NCCCCCC(=O)N1CCOC(c2ccc(F)cc2)C1. The molecule has 0 saturated carbocycles. The molecule has 132 valence electrons. The first-order chi connectivity index (χ1) is 11.6. The average Bonchev–Trinajstić information content (AvgIpc) is 2.58. The van der Waals surface area contributed by atoms with Crippen LogP contribution in [0.4, 0.5) is 4.39 Å². The van der Waals surface area contributed by atoms with E-state index in [1.165, 1.54) is 19.1 Å². The maximum absolute atomic E-state index is 13.0. The number of hydrogen-bond donors (Lipinski definition) is 1. The van der Waals surface area contributed by atoms with Crippen molar-refractivity contribution >= 4 is 11.8 Å². The molecule has 0 radical (unpaired) electrons. The van der Waals surface area contributed by atoms with Gasteiger partial charge in [-0.3, -0.25) is 9.59 Å². The lowest BCUT2D eigenvalue weighted by molar-refractivity contribution is -0.139. The minimum absolute atomic E-state index is 0.0220. The summed E-state index contributed by atoms with van der Waals surface area (Å²) >= 11 is 0. The Bertz CT molecular complexity index is 548. The van der Waals surface area contributed by atoms with Crippen LogP contribution in [0.3, 0.4) is 0 Å². The van der Waals surface area contributed by atoms with Crippen LogP contribution >= 0.6 is 0 Å². The van der Waals surface area contributed by atoms with E-state index in [4.69, 9.17) is 4.74 Å². The number of nitrogens with zero attached hydrogens (tertiary/aromatic N) is 1. The van der Waals surface area contributed by atoms with Gasteiger partial charge in [-0.05, 0) is 30.5 Å². The van der Waals surface area contributed by atoms with Gasteiger partial charge in [0, 0.05) is 26.4 Å². The number of carbonyl (C=O) groups excluding carboxylic acids is 2. The molecule has 2 amide bonds. The van der Waals surface area contributed by atoms with Crippen molar-refractivity contribution in [2.45, 2.75) is 38.7 Å². The second-order valence-electron chi connectivity index (χ2n) is 6.04. The minimum atomic E-state index is -0.276. The number of amides is 2. The van der Waals surface area contributed by atoms with Gasteiger partial charge in [0.2, 0.25) is 11.8 Å². The van der Waals surface area contributed by atoms with Crippen molar-refractivity contribution in [2.75, 3.05) is 26.2 Å². The van der Waals surface area contributed by atoms with Crippen LogP contribution in [-0.4, -0.2) is 43.0 Å². The van der Waals surface area contributed by atoms with Gasteiger partial charge in [0.15, 0.2) is 0 Å². The smallest absolute Gasteiger partial charge is 0.222 e. The van der Waals surface area contributed by atoms with Crippen LogP contribution in [-0.2, 0) is 14.3 Å². The Kier molecular flexibility index (Phi) is 7.18. The van der Waals surface area contributed by atoms with Gasteiger partial charge < -0.3 is 15.0 Å². The van der Waals surface area contributed by atoms with Crippen LogP contribution in [0.15, 0.2) is 24.3 Å². The molecule has 6 heteroatoms. The van der Waals surface area contributed by atoms with Gasteiger partial charge in [0.25, 0.3) is 0 Å². The first-order valence-corrected chi connectivity index (χ1v) is 8.45. The molecular weight excluding hydrogens is 311 g/mol. The highest BCUT2D eigenvalue weighted by atomic mass is 19.1. The summed E-state index contributed by atoms with van der Waals surface area (Å²) in [6.45, 7) is 3.77. The number of nitrogens with one attached hydrogen (secondary N) is 1. The van der Waals surface area contributed by atoms with Gasteiger partial charge in [-0.15, -0.1) is 0 Å². The second-order valence-corrected chi connectivity index (χ2v) is 6.04. The second kappa shape index (κ2) is 9.37. The van der Waals surface area contributed by atoms with E-state index in [1.807, 2.05) is 4.90 Å². The molecule has 1 aromatic rings. The van der Waals surface area contributed by atoms with Gasteiger partial charge >= 0.3 is 0 Å². The number of rotatable bonds is 7. The fourth-order valence-corrected chi connectivity index (χ4v) is 2.76. The fourth-order valence-electron chi connectivity index (χ4n) is 2.76. The quantitative estimate of drug-likeness (QED) is 0.778. The van der Waals surface area contributed by atoms with Gasteiger partial charge in [-0.2, -0.15) is 0 Å². The van der Waals surface area contributed by atoms with Gasteiger partial charge in [-0.25, -0.2) is 4.39 Å². The third-order valence-corrected chi connectivity index (χ3v) is 4.10. The molecule has 0 spiro atoms. The Hall–Kier alpha value is -1.95. The maximum Gasteiger partial charge on any atom is 0.222 e. The predicted octanol–water partition coefficient (Wildman–Crippen LogP) is 2.42. The summed E-state index contributed by atoms with van der Waals surface area (Å²) in [6, 6.07) is 6.23. The van der Waals surface area contributed by atoms with Crippen molar-refractivity contribution in [3.05, 3.63) is 35.6 Å². The standard InChI is InChI=1S/C18H25FN2O3/c1-14(22)20-10-4-2-3-5-18(23)21-11-12-24-17(13-21)15-6-8-16(19)9-7-15/h6-9,17H,2-5,10-13H2,1H3,(H,20,22). The summed E-state index contributed by atoms with van der Waals surface area (Å²) in [5, 5.41) is 2.75. The summed E-state index contributed by atoms with van der Waals surface area (Å²) in [5.41, 5.74) is 0.893. The lowest BCUT2D eigenvalue weighted by atomic mass is 10.1. The molecule has 24 heavy (non-hydrogen) atoms.